The molecule has 2 aliphatic heterocycles. The molecule has 2 heterocycles. The van der Waals surface area contributed by atoms with Gasteiger partial charge in [0.25, 0.3) is 0 Å². The maximum absolute atomic E-state index is 11.0. The van der Waals surface area contributed by atoms with E-state index in [2.05, 4.69) is 6.08 Å². The number of hydrogen-bond donors (Lipinski definition) is 2. The fourth-order valence-corrected chi connectivity index (χ4v) is 4.40. The van der Waals surface area contributed by atoms with Crippen LogP contribution in [0.15, 0.2) is 12.2 Å². The Bertz CT molecular complexity index is 419. The van der Waals surface area contributed by atoms with Crippen LogP contribution in [0.1, 0.15) is 57.8 Å². The van der Waals surface area contributed by atoms with E-state index in [4.69, 9.17) is 14.7 Å². The summed E-state index contributed by atoms with van der Waals surface area (Å²) in [6, 6.07) is 0. The lowest BCUT2D eigenvalue weighted by atomic mass is 9.78. The second-order valence-corrected chi connectivity index (χ2v) is 7.16. The Hall–Kier alpha value is -0.910. The first-order chi connectivity index (χ1) is 11.3. The Morgan fingerprint density at radius 1 is 1.09 bits per heavy atom. The number of allylic oxidation sites excluding steroid dienone is 1. The average Bonchev–Trinajstić information content (AvgIpc) is 3.19. The van der Waals surface area contributed by atoms with E-state index in [9.17, 15) is 4.79 Å². The Labute approximate surface area is 138 Å². The van der Waals surface area contributed by atoms with Gasteiger partial charge >= 0.3 is 0 Å². The van der Waals surface area contributed by atoms with E-state index in [1.165, 1.54) is 32.1 Å². The van der Waals surface area contributed by atoms with E-state index < -0.39 is 0 Å². The molecule has 1 amide bonds. The molecular formula is C18H29NO4. The van der Waals surface area contributed by atoms with Crippen LogP contribution in [0, 0.1) is 11.8 Å². The van der Waals surface area contributed by atoms with Gasteiger partial charge in [0.2, 0.25) is 5.91 Å². The summed E-state index contributed by atoms with van der Waals surface area (Å²) >= 11 is 0. The first-order valence-corrected chi connectivity index (χ1v) is 9.13. The summed E-state index contributed by atoms with van der Waals surface area (Å²) in [5.41, 5.74) is 1.65. The lowest BCUT2D eigenvalue weighted by Crippen LogP contribution is -2.32. The summed E-state index contributed by atoms with van der Waals surface area (Å²) in [6.45, 7) is 0.821. The van der Waals surface area contributed by atoms with Gasteiger partial charge in [-0.2, -0.15) is 0 Å². The van der Waals surface area contributed by atoms with Gasteiger partial charge in [0, 0.05) is 12.3 Å². The van der Waals surface area contributed by atoms with E-state index in [1.807, 2.05) is 6.08 Å². The van der Waals surface area contributed by atoms with Gasteiger partial charge in [-0.25, -0.2) is 5.48 Å². The van der Waals surface area contributed by atoms with Crippen molar-refractivity contribution in [1.82, 2.24) is 5.48 Å². The number of nitrogens with one attached hydrogen (secondary N) is 1. The van der Waals surface area contributed by atoms with Gasteiger partial charge in [-0.3, -0.25) is 10.0 Å². The van der Waals surface area contributed by atoms with E-state index >= 15 is 0 Å². The molecule has 5 heteroatoms. The molecule has 2 N–H and O–H groups in total. The zero-order valence-corrected chi connectivity index (χ0v) is 13.8. The number of hydroxylamine groups is 1. The standard InChI is InChI=1S/C18H29NO4/c20-18(19-21)9-5-4-8-14-15(17-11-10-16(14)23-17)12-22-13-6-2-1-3-7-13/h4-5,13-17,21H,1-3,6-12H2,(H,19,20)/t14-,15+,16-,17+/m1/s1. The van der Waals surface area contributed by atoms with Gasteiger partial charge in [0.05, 0.1) is 24.9 Å². The zero-order valence-electron chi connectivity index (χ0n) is 13.8. The third-order valence-electron chi connectivity index (χ3n) is 5.67. The van der Waals surface area contributed by atoms with Gasteiger partial charge in [0.15, 0.2) is 0 Å². The minimum Gasteiger partial charge on any atom is -0.378 e. The maximum atomic E-state index is 11.0. The van der Waals surface area contributed by atoms with Crippen LogP contribution in [0.25, 0.3) is 0 Å². The predicted molar refractivity (Wildman–Crippen MR) is 86.0 cm³/mol. The van der Waals surface area contributed by atoms with E-state index in [0.717, 1.165) is 25.9 Å². The quantitative estimate of drug-likeness (QED) is 0.429. The number of rotatable bonds is 7. The molecule has 0 aromatic carbocycles. The van der Waals surface area contributed by atoms with Crippen LogP contribution in [0.5, 0.6) is 0 Å². The monoisotopic (exact) mass is 323 g/mol. The summed E-state index contributed by atoms with van der Waals surface area (Å²) in [4.78, 5) is 11.0. The van der Waals surface area contributed by atoms with Crippen LogP contribution in [0.4, 0.5) is 0 Å². The smallest absolute Gasteiger partial charge is 0.247 e. The molecule has 4 atom stereocenters. The van der Waals surface area contributed by atoms with Crippen LogP contribution in [-0.4, -0.2) is 36.0 Å². The second kappa shape index (κ2) is 8.27. The van der Waals surface area contributed by atoms with Crippen LogP contribution in [-0.2, 0) is 14.3 Å². The lowest BCUT2D eigenvalue weighted by Gasteiger charge is -2.30. The molecule has 3 aliphatic rings. The number of fused-ring (bicyclic) bond motifs is 2. The Morgan fingerprint density at radius 2 is 1.83 bits per heavy atom. The van der Waals surface area contributed by atoms with Crippen molar-refractivity contribution < 1.29 is 19.5 Å². The van der Waals surface area contributed by atoms with Gasteiger partial charge in [-0.1, -0.05) is 31.4 Å². The molecule has 3 fully saturated rings. The van der Waals surface area contributed by atoms with Crippen LogP contribution >= 0.6 is 0 Å². The van der Waals surface area contributed by atoms with Crippen LogP contribution < -0.4 is 5.48 Å². The number of amides is 1. The molecule has 1 saturated carbocycles. The van der Waals surface area contributed by atoms with Crippen LogP contribution in [0.3, 0.4) is 0 Å². The maximum Gasteiger partial charge on any atom is 0.247 e. The van der Waals surface area contributed by atoms with Crippen molar-refractivity contribution >= 4 is 5.91 Å². The van der Waals surface area contributed by atoms with E-state index in [1.54, 1.807) is 5.48 Å². The number of ether oxygens (including phenoxy) is 2. The van der Waals surface area contributed by atoms with Crippen molar-refractivity contribution in [1.29, 1.82) is 0 Å². The van der Waals surface area contributed by atoms with Crippen molar-refractivity contribution in [2.24, 2.45) is 11.8 Å². The Kier molecular flexibility index (Phi) is 6.08. The molecule has 0 radical (unpaired) electrons. The Balaban J connectivity index is 1.47. The third-order valence-corrected chi connectivity index (χ3v) is 5.67. The van der Waals surface area contributed by atoms with E-state index in [-0.39, 0.29) is 12.3 Å². The molecular weight excluding hydrogens is 294 g/mol. The van der Waals surface area contributed by atoms with Crippen molar-refractivity contribution in [3.05, 3.63) is 12.2 Å². The van der Waals surface area contributed by atoms with Gasteiger partial charge in [-0.05, 0) is 38.0 Å². The summed E-state index contributed by atoms with van der Waals surface area (Å²) in [6.07, 6.45) is 14.9. The van der Waals surface area contributed by atoms with Gasteiger partial charge in [0.1, 0.15) is 0 Å². The first-order valence-electron chi connectivity index (χ1n) is 9.13. The van der Waals surface area contributed by atoms with Crippen molar-refractivity contribution in [2.45, 2.75) is 76.1 Å². The van der Waals surface area contributed by atoms with Gasteiger partial charge < -0.3 is 9.47 Å². The van der Waals surface area contributed by atoms with Crippen molar-refractivity contribution in [2.75, 3.05) is 6.61 Å². The molecule has 1 aliphatic carbocycles. The predicted octanol–water partition coefficient (Wildman–Crippen LogP) is 2.97. The summed E-state index contributed by atoms with van der Waals surface area (Å²) in [5, 5.41) is 8.50. The largest absolute Gasteiger partial charge is 0.378 e. The highest BCUT2D eigenvalue weighted by atomic mass is 16.5. The van der Waals surface area contributed by atoms with Gasteiger partial charge in [-0.15, -0.1) is 0 Å². The topological polar surface area (TPSA) is 67.8 Å². The highest BCUT2D eigenvalue weighted by Gasteiger charge is 2.48. The highest BCUT2D eigenvalue weighted by molar-refractivity contribution is 5.76. The highest BCUT2D eigenvalue weighted by Crippen LogP contribution is 2.45. The lowest BCUT2D eigenvalue weighted by molar-refractivity contribution is -0.128. The summed E-state index contributed by atoms with van der Waals surface area (Å²) in [5.74, 6) is 0.625. The molecule has 0 unspecified atom stereocenters. The molecule has 23 heavy (non-hydrogen) atoms. The number of carbonyl (C=O) groups excluding carboxylic acids is 1. The molecule has 2 saturated heterocycles. The number of carbonyl (C=O) groups is 1. The van der Waals surface area contributed by atoms with Crippen LogP contribution in [0.2, 0.25) is 0 Å². The molecule has 5 nitrogen and oxygen atoms in total. The SMILES string of the molecule is O=C(CC=CC[C@@H]1[C@H](COC2CCCCC2)[C@@H]2CC[C@H]1O2)NO. The zero-order chi connectivity index (χ0) is 16.1. The Morgan fingerprint density at radius 3 is 2.57 bits per heavy atom. The second-order valence-electron chi connectivity index (χ2n) is 7.16. The average molecular weight is 323 g/mol. The molecule has 0 aromatic heterocycles. The molecule has 130 valence electrons. The fourth-order valence-electron chi connectivity index (χ4n) is 4.40. The molecule has 0 aromatic rings. The normalized spacial score (nSPS) is 34.3. The third kappa shape index (κ3) is 4.34. The fraction of sp³-hybridized carbons (Fsp3) is 0.833. The summed E-state index contributed by atoms with van der Waals surface area (Å²) in [7, 11) is 0. The summed E-state index contributed by atoms with van der Waals surface area (Å²) < 4.78 is 12.3. The molecule has 2 bridgehead atoms. The first kappa shape index (κ1) is 16.9. The number of hydrogen-bond acceptors (Lipinski definition) is 4. The van der Waals surface area contributed by atoms with Crippen molar-refractivity contribution in [3.63, 3.8) is 0 Å². The van der Waals surface area contributed by atoms with Crippen molar-refractivity contribution in [3.8, 4) is 0 Å². The van der Waals surface area contributed by atoms with E-state index in [0.29, 0.717) is 30.1 Å². The minimum atomic E-state index is -0.373. The molecule has 3 rings (SSSR count). The molecule has 0 spiro atoms. The minimum absolute atomic E-state index is 0.224.